The fourth-order valence-corrected chi connectivity index (χ4v) is 1.85. The molecule has 0 aliphatic carbocycles. The Labute approximate surface area is 129 Å². The van der Waals surface area contributed by atoms with Crippen LogP contribution in [0, 0.1) is 6.92 Å². The largest absolute Gasteiger partial charge is 0.484 e. The summed E-state index contributed by atoms with van der Waals surface area (Å²) in [7, 11) is 0. The number of carbonyl (C=O) groups is 2. The molecule has 0 fully saturated rings. The Hall–Kier alpha value is -2.82. The summed E-state index contributed by atoms with van der Waals surface area (Å²) in [5, 5.41) is 0. The minimum absolute atomic E-state index is 0.158. The number of ether oxygens (including phenoxy) is 1. The molecule has 0 heterocycles. The molecule has 0 saturated heterocycles. The molecule has 0 bridgehead atoms. The first-order chi connectivity index (χ1) is 10.6. The summed E-state index contributed by atoms with van der Waals surface area (Å²) < 4.78 is 5.34. The van der Waals surface area contributed by atoms with Crippen molar-refractivity contribution in [2.45, 2.75) is 13.3 Å². The molecule has 5 nitrogen and oxygen atoms in total. The summed E-state index contributed by atoms with van der Waals surface area (Å²) in [6.07, 6.45) is 0.208. The van der Waals surface area contributed by atoms with Gasteiger partial charge in [-0.3, -0.25) is 20.4 Å². The van der Waals surface area contributed by atoms with Crippen LogP contribution in [0.3, 0.4) is 0 Å². The van der Waals surface area contributed by atoms with E-state index in [-0.39, 0.29) is 18.9 Å². The Morgan fingerprint density at radius 3 is 2.41 bits per heavy atom. The minimum Gasteiger partial charge on any atom is -0.484 e. The van der Waals surface area contributed by atoms with E-state index >= 15 is 0 Å². The summed E-state index contributed by atoms with van der Waals surface area (Å²) in [5.41, 5.74) is 6.61. The van der Waals surface area contributed by atoms with Crippen LogP contribution in [-0.2, 0) is 16.0 Å². The zero-order chi connectivity index (χ0) is 15.8. The van der Waals surface area contributed by atoms with Crippen molar-refractivity contribution in [2.75, 3.05) is 6.61 Å². The predicted molar refractivity (Wildman–Crippen MR) is 83.1 cm³/mol. The Balaban J connectivity index is 1.70. The first-order valence-electron chi connectivity index (χ1n) is 6.94. The standard InChI is InChI=1S/C17H18N2O3/c1-13-6-5-9-15(10-13)22-12-17(21)19-18-16(20)11-14-7-3-2-4-8-14/h2-10H,11-12H2,1H3,(H,18,20)(H,19,21). The molecule has 0 aliphatic rings. The number of amides is 2. The monoisotopic (exact) mass is 298 g/mol. The van der Waals surface area contributed by atoms with Crippen molar-refractivity contribution in [1.82, 2.24) is 10.9 Å². The molecule has 0 radical (unpaired) electrons. The molecule has 0 atom stereocenters. The third-order valence-electron chi connectivity index (χ3n) is 2.91. The van der Waals surface area contributed by atoms with E-state index in [0.717, 1.165) is 11.1 Å². The highest BCUT2D eigenvalue weighted by Gasteiger charge is 2.06. The van der Waals surface area contributed by atoms with E-state index in [4.69, 9.17) is 4.74 Å². The van der Waals surface area contributed by atoms with E-state index in [1.54, 1.807) is 6.07 Å². The molecule has 2 amide bonds. The van der Waals surface area contributed by atoms with Crippen molar-refractivity contribution in [3.05, 3.63) is 65.7 Å². The van der Waals surface area contributed by atoms with Gasteiger partial charge < -0.3 is 4.74 Å². The second-order valence-corrected chi connectivity index (χ2v) is 4.86. The second kappa shape index (κ2) is 7.83. The zero-order valence-electron chi connectivity index (χ0n) is 12.3. The molecule has 2 aromatic rings. The fraction of sp³-hybridized carbons (Fsp3) is 0.176. The highest BCUT2D eigenvalue weighted by atomic mass is 16.5. The molecule has 0 unspecified atom stereocenters. The quantitative estimate of drug-likeness (QED) is 0.827. The van der Waals surface area contributed by atoms with Crippen molar-refractivity contribution in [3.63, 3.8) is 0 Å². The molecule has 5 heteroatoms. The highest BCUT2D eigenvalue weighted by molar-refractivity contribution is 5.83. The number of hydrogen-bond acceptors (Lipinski definition) is 3. The number of hydrogen-bond donors (Lipinski definition) is 2. The molecule has 2 aromatic carbocycles. The number of rotatable bonds is 5. The molecule has 22 heavy (non-hydrogen) atoms. The summed E-state index contributed by atoms with van der Waals surface area (Å²) >= 11 is 0. The number of benzene rings is 2. The fourth-order valence-electron chi connectivity index (χ4n) is 1.85. The third kappa shape index (κ3) is 5.28. The van der Waals surface area contributed by atoms with Crippen LogP contribution in [0.25, 0.3) is 0 Å². The van der Waals surface area contributed by atoms with Gasteiger partial charge in [0.05, 0.1) is 6.42 Å². The van der Waals surface area contributed by atoms with E-state index < -0.39 is 5.91 Å². The Bertz CT molecular complexity index is 641. The van der Waals surface area contributed by atoms with E-state index in [0.29, 0.717) is 5.75 Å². The maximum atomic E-state index is 11.7. The van der Waals surface area contributed by atoms with Crippen molar-refractivity contribution in [1.29, 1.82) is 0 Å². The van der Waals surface area contributed by atoms with Gasteiger partial charge in [0, 0.05) is 0 Å². The molecular formula is C17H18N2O3. The van der Waals surface area contributed by atoms with Crippen molar-refractivity contribution >= 4 is 11.8 Å². The van der Waals surface area contributed by atoms with Crippen LogP contribution in [0.2, 0.25) is 0 Å². The van der Waals surface area contributed by atoms with Crippen LogP contribution in [0.4, 0.5) is 0 Å². The normalized spacial score (nSPS) is 9.86. The van der Waals surface area contributed by atoms with Crippen LogP contribution < -0.4 is 15.6 Å². The van der Waals surface area contributed by atoms with Gasteiger partial charge in [-0.25, -0.2) is 0 Å². The van der Waals surface area contributed by atoms with Gasteiger partial charge in [-0.1, -0.05) is 42.5 Å². The Morgan fingerprint density at radius 2 is 1.68 bits per heavy atom. The van der Waals surface area contributed by atoms with E-state index in [9.17, 15) is 9.59 Å². The van der Waals surface area contributed by atoms with E-state index in [1.807, 2.05) is 55.5 Å². The van der Waals surface area contributed by atoms with Gasteiger partial charge in [-0.2, -0.15) is 0 Å². The van der Waals surface area contributed by atoms with Gasteiger partial charge in [-0.15, -0.1) is 0 Å². The van der Waals surface area contributed by atoms with Crippen LogP contribution in [0.1, 0.15) is 11.1 Å². The predicted octanol–water partition coefficient (Wildman–Crippen LogP) is 1.76. The summed E-state index contributed by atoms with van der Waals surface area (Å²) in [6.45, 7) is 1.78. The molecule has 0 spiro atoms. The SMILES string of the molecule is Cc1cccc(OCC(=O)NNC(=O)Cc2ccccc2)c1. The second-order valence-electron chi connectivity index (χ2n) is 4.86. The smallest absolute Gasteiger partial charge is 0.276 e. The summed E-state index contributed by atoms with van der Waals surface area (Å²) in [5.74, 6) is -0.0798. The Morgan fingerprint density at radius 1 is 0.955 bits per heavy atom. The number of aryl methyl sites for hydroxylation is 1. The highest BCUT2D eigenvalue weighted by Crippen LogP contribution is 2.11. The van der Waals surface area contributed by atoms with Crippen LogP contribution in [0.5, 0.6) is 5.75 Å². The lowest BCUT2D eigenvalue weighted by molar-refractivity contribution is -0.129. The van der Waals surface area contributed by atoms with Crippen molar-refractivity contribution < 1.29 is 14.3 Å². The first-order valence-corrected chi connectivity index (χ1v) is 6.94. The van der Waals surface area contributed by atoms with Crippen molar-refractivity contribution in [3.8, 4) is 5.75 Å². The minimum atomic E-state index is -0.414. The molecular weight excluding hydrogens is 280 g/mol. The number of carbonyl (C=O) groups excluding carboxylic acids is 2. The third-order valence-corrected chi connectivity index (χ3v) is 2.91. The van der Waals surface area contributed by atoms with E-state index in [1.165, 1.54) is 0 Å². The number of nitrogens with one attached hydrogen (secondary N) is 2. The lowest BCUT2D eigenvalue weighted by Gasteiger charge is -2.09. The topological polar surface area (TPSA) is 67.4 Å². The van der Waals surface area contributed by atoms with Crippen LogP contribution in [0.15, 0.2) is 54.6 Å². The maximum Gasteiger partial charge on any atom is 0.276 e. The zero-order valence-corrected chi connectivity index (χ0v) is 12.3. The van der Waals surface area contributed by atoms with Gasteiger partial charge in [0.25, 0.3) is 5.91 Å². The maximum absolute atomic E-state index is 11.7. The van der Waals surface area contributed by atoms with Gasteiger partial charge in [0.2, 0.25) is 5.91 Å². The molecule has 0 aromatic heterocycles. The van der Waals surface area contributed by atoms with Gasteiger partial charge in [0.15, 0.2) is 6.61 Å². The summed E-state index contributed by atoms with van der Waals surface area (Å²) in [4.78, 5) is 23.3. The molecule has 0 saturated carbocycles. The van der Waals surface area contributed by atoms with Gasteiger partial charge >= 0.3 is 0 Å². The van der Waals surface area contributed by atoms with Gasteiger partial charge in [0.1, 0.15) is 5.75 Å². The van der Waals surface area contributed by atoms with Crippen LogP contribution in [-0.4, -0.2) is 18.4 Å². The molecule has 114 valence electrons. The van der Waals surface area contributed by atoms with Crippen LogP contribution >= 0.6 is 0 Å². The lowest BCUT2D eigenvalue weighted by atomic mass is 10.1. The molecule has 0 aliphatic heterocycles. The van der Waals surface area contributed by atoms with E-state index in [2.05, 4.69) is 10.9 Å². The summed E-state index contributed by atoms with van der Waals surface area (Å²) in [6, 6.07) is 16.7. The average Bonchev–Trinajstić information content (AvgIpc) is 2.52. The lowest BCUT2D eigenvalue weighted by Crippen LogP contribution is -2.44. The van der Waals surface area contributed by atoms with Crippen molar-refractivity contribution in [2.24, 2.45) is 0 Å². The number of hydrazine groups is 1. The first kappa shape index (κ1) is 15.6. The molecule has 2 rings (SSSR count). The average molecular weight is 298 g/mol. The molecule has 2 N–H and O–H groups in total. The Kier molecular flexibility index (Phi) is 5.54. The van der Waals surface area contributed by atoms with Gasteiger partial charge in [-0.05, 0) is 30.2 Å².